The highest BCUT2D eigenvalue weighted by Crippen LogP contribution is 2.44. The molecule has 148 valence electrons. The molecule has 0 atom stereocenters. The number of nitrogens with zero attached hydrogens (tertiary/aromatic N) is 3. The first kappa shape index (κ1) is 19.5. The Balaban J connectivity index is 1.42. The summed E-state index contributed by atoms with van der Waals surface area (Å²) >= 11 is 3.01. The number of rotatable bonds is 5. The molecule has 9 heteroatoms. The van der Waals surface area contributed by atoms with Crippen LogP contribution in [0.5, 0.6) is 0 Å². The number of thioether (sulfide) groups is 2. The molecule has 0 unspecified atom stereocenters. The average Bonchev–Trinajstić information content (AvgIpc) is 3.21. The van der Waals surface area contributed by atoms with Gasteiger partial charge >= 0.3 is 0 Å². The standard InChI is InChI=1S/C20H18N4O3S2/c25-19(21-14-6-4-9-16(12-14)24(26)27)13-28-20-22-23(15-7-2-1-3-8-15)17-10-5-11-18(17)29-20/h1-4,6-9,12H,5,10-11,13H2,(H,21,25). The highest BCUT2D eigenvalue weighted by molar-refractivity contribution is 8.40. The molecule has 0 spiro atoms. The summed E-state index contributed by atoms with van der Waals surface area (Å²) in [6.07, 6.45) is 3.15. The fourth-order valence-corrected chi connectivity index (χ4v) is 5.23. The van der Waals surface area contributed by atoms with Crippen molar-refractivity contribution in [2.24, 2.45) is 5.10 Å². The minimum atomic E-state index is -0.483. The van der Waals surface area contributed by atoms with E-state index in [9.17, 15) is 14.9 Å². The Morgan fingerprint density at radius 3 is 2.83 bits per heavy atom. The van der Waals surface area contributed by atoms with Crippen LogP contribution in [0, 0.1) is 10.1 Å². The van der Waals surface area contributed by atoms with Gasteiger partial charge in [0.15, 0.2) is 4.38 Å². The Labute approximate surface area is 176 Å². The maximum absolute atomic E-state index is 12.3. The second kappa shape index (κ2) is 8.71. The predicted molar refractivity (Wildman–Crippen MR) is 119 cm³/mol. The summed E-state index contributed by atoms with van der Waals surface area (Å²) in [6.45, 7) is 0. The minimum absolute atomic E-state index is 0.0538. The van der Waals surface area contributed by atoms with Crippen molar-refractivity contribution < 1.29 is 9.72 Å². The average molecular weight is 427 g/mol. The number of hydrogen-bond donors (Lipinski definition) is 1. The fraction of sp³-hybridized carbons (Fsp3) is 0.200. The molecule has 1 heterocycles. The first-order chi connectivity index (χ1) is 14.1. The number of anilines is 2. The summed E-state index contributed by atoms with van der Waals surface area (Å²) in [5.41, 5.74) is 2.62. The molecule has 29 heavy (non-hydrogen) atoms. The summed E-state index contributed by atoms with van der Waals surface area (Å²) in [7, 11) is 0. The van der Waals surface area contributed by atoms with Crippen molar-refractivity contribution in [2.45, 2.75) is 19.3 Å². The number of hydrogen-bond acceptors (Lipinski definition) is 7. The van der Waals surface area contributed by atoms with E-state index in [1.807, 2.05) is 35.3 Å². The topological polar surface area (TPSA) is 87.8 Å². The number of carbonyl (C=O) groups is 1. The molecule has 1 N–H and O–H groups in total. The van der Waals surface area contributed by atoms with Gasteiger partial charge in [0, 0.05) is 22.7 Å². The molecule has 0 radical (unpaired) electrons. The quantitative estimate of drug-likeness (QED) is 0.523. The number of hydrazone groups is 1. The lowest BCUT2D eigenvalue weighted by Crippen LogP contribution is -2.21. The third-order valence-electron chi connectivity index (χ3n) is 4.46. The van der Waals surface area contributed by atoms with Crippen LogP contribution in [0.15, 0.2) is 70.3 Å². The van der Waals surface area contributed by atoms with Crippen molar-refractivity contribution in [3.05, 3.63) is 75.3 Å². The van der Waals surface area contributed by atoms with E-state index in [1.54, 1.807) is 23.9 Å². The van der Waals surface area contributed by atoms with Crippen LogP contribution in [0.3, 0.4) is 0 Å². The lowest BCUT2D eigenvalue weighted by molar-refractivity contribution is -0.384. The molecule has 0 aromatic heterocycles. The fourth-order valence-electron chi connectivity index (χ4n) is 3.16. The lowest BCUT2D eigenvalue weighted by Gasteiger charge is -2.26. The Morgan fingerprint density at radius 1 is 1.21 bits per heavy atom. The molecule has 7 nitrogen and oxygen atoms in total. The Bertz CT molecular complexity index is 1010. The Kier molecular flexibility index (Phi) is 5.86. The number of para-hydroxylation sites is 1. The summed E-state index contributed by atoms with van der Waals surface area (Å²) in [6, 6.07) is 15.9. The van der Waals surface area contributed by atoms with Crippen molar-refractivity contribution >= 4 is 50.9 Å². The zero-order valence-corrected chi connectivity index (χ0v) is 17.0. The molecule has 1 aliphatic carbocycles. The second-order valence-corrected chi connectivity index (χ2v) is 8.79. The zero-order valence-electron chi connectivity index (χ0n) is 15.4. The number of non-ortho nitro benzene ring substituents is 1. The summed E-state index contributed by atoms with van der Waals surface area (Å²) in [4.78, 5) is 24.0. The van der Waals surface area contributed by atoms with Crippen molar-refractivity contribution in [2.75, 3.05) is 16.1 Å². The maximum Gasteiger partial charge on any atom is 0.271 e. The zero-order chi connectivity index (χ0) is 20.2. The molecular formula is C20H18N4O3S2. The maximum atomic E-state index is 12.3. The van der Waals surface area contributed by atoms with Gasteiger partial charge in [-0.05, 0) is 37.5 Å². The van der Waals surface area contributed by atoms with Crippen LogP contribution < -0.4 is 10.3 Å². The number of benzene rings is 2. The highest BCUT2D eigenvalue weighted by atomic mass is 32.2. The lowest BCUT2D eigenvalue weighted by atomic mass is 10.3. The van der Waals surface area contributed by atoms with Gasteiger partial charge in [-0.25, -0.2) is 5.01 Å². The number of carbonyl (C=O) groups excluding carboxylic acids is 1. The van der Waals surface area contributed by atoms with E-state index in [1.165, 1.54) is 34.5 Å². The van der Waals surface area contributed by atoms with Gasteiger partial charge in [-0.15, -0.1) is 0 Å². The summed E-state index contributed by atoms with van der Waals surface area (Å²) in [5.74, 6) is -0.0454. The van der Waals surface area contributed by atoms with E-state index in [-0.39, 0.29) is 17.3 Å². The van der Waals surface area contributed by atoms with Crippen molar-refractivity contribution in [1.82, 2.24) is 0 Å². The van der Waals surface area contributed by atoms with Gasteiger partial charge in [-0.1, -0.05) is 47.8 Å². The Morgan fingerprint density at radius 2 is 2.03 bits per heavy atom. The van der Waals surface area contributed by atoms with Crippen molar-refractivity contribution in [3.8, 4) is 0 Å². The molecule has 2 aromatic carbocycles. The molecule has 4 rings (SSSR count). The SMILES string of the molecule is O=C(CSC1=NN(c2ccccc2)C2=C(CCC2)S1)Nc1cccc([N+](=O)[O-])c1. The molecule has 0 saturated carbocycles. The first-order valence-electron chi connectivity index (χ1n) is 9.11. The number of nitro benzene ring substituents is 1. The molecule has 0 fully saturated rings. The number of amides is 1. The summed E-state index contributed by atoms with van der Waals surface area (Å²) in [5, 5.41) is 20.3. The first-order valence-corrected chi connectivity index (χ1v) is 10.9. The van der Waals surface area contributed by atoms with E-state index in [4.69, 9.17) is 5.10 Å². The van der Waals surface area contributed by atoms with Crippen LogP contribution in [0.4, 0.5) is 17.1 Å². The predicted octanol–water partition coefficient (Wildman–Crippen LogP) is 5.19. The third-order valence-corrected chi connectivity index (χ3v) is 6.74. The van der Waals surface area contributed by atoms with E-state index < -0.39 is 4.92 Å². The minimum Gasteiger partial charge on any atom is -0.325 e. The van der Waals surface area contributed by atoms with Crippen LogP contribution in [0.2, 0.25) is 0 Å². The molecule has 2 aliphatic rings. The largest absolute Gasteiger partial charge is 0.325 e. The smallest absolute Gasteiger partial charge is 0.271 e. The van der Waals surface area contributed by atoms with Crippen LogP contribution >= 0.6 is 23.5 Å². The van der Waals surface area contributed by atoms with Gasteiger partial charge in [0.1, 0.15) is 0 Å². The molecule has 0 bridgehead atoms. The third kappa shape index (κ3) is 4.63. The summed E-state index contributed by atoms with van der Waals surface area (Å²) < 4.78 is 0.823. The van der Waals surface area contributed by atoms with Gasteiger partial charge in [0.2, 0.25) is 5.91 Å². The van der Waals surface area contributed by atoms with E-state index in [2.05, 4.69) is 5.32 Å². The number of nitro groups is 1. The van der Waals surface area contributed by atoms with Gasteiger partial charge in [0.05, 0.1) is 22.1 Å². The normalized spacial score (nSPS) is 15.7. The van der Waals surface area contributed by atoms with E-state index >= 15 is 0 Å². The van der Waals surface area contributed by atoms with E-state index in [0.29, 0.717) is 5.69 Å². The molecule has 2 aromatic rings. The number of allylic oxidation sites excluding steroid dienone is 2. The van der Waals surface area contributed by atoms with Crippen LogP contribution in [-0.4, -0.2) is 21.0 Å². The van der Waals surface area contributed by atoms with Crippen molar-refractivity contribution in [3.63, 3.8) is 0 Å². The van der Waals surface area contributed by atoms with E-state index in [0.717, 1.165) is 29.3 Å². The highest BCUT2D eigenvalue weighted by Gasteiger charge is 2.28. The van der Waals surface area contributed by atoms with Crippen molar-refractivity contribution in [1.29, 1.82) is 0 Å². The number of nitrogens with one attached hydrogen (secondary N) is 1. The van der Waals surface area contributed by atoms with Gasteiger partial charge < -0.3 is 5.32 Å². The molecule has 1 aliphatic heterocycles. The molecule has 0 saturated heterocycles. The van der Waals surface area contributed by atoms with Crippen LogP contribution in [-0.2, 0) is 4.79 Å². The second-order valence-electron chi connectivity index (χ2n) is 6.48. The van der Waals surface area contributed by atoms with Gasteiger partial charge in [-0.3, -0.25) is 14.9 Å². The van der Waals surface area contributed by atoms with Gasteiger partial charge in [0.25, 0.3) is 5.69 Å². The monoisotopic (exact) mass is 426 g/mol. The Hall–Kier alpha value is -2.78. The van der Waals surface area contributed by atoms with Crippen LogP contribution in [0.25, 0.3) is 0 Å². The molecular weight excluding hydrogens is 408 g/mol. The molecule has 1 amide bonds. The van der Waals surface area contributed by atoms with Gasteiger partial charge in [-0.2, -0.15) is 5.10 Å². The van der Waals surface area contributed by atoms with Crippen LogP contribution in [0.1, 0.15) is 19.3 Å².